The van der Waals surface area contributed by atoms with Gasteiger partial charge in [-0.3, -0.25) is 0 Å². The highest BCUT2D eigenvalue weighted by Crippen LogP contribution is 2.39. The zero-order valence-electron chi connectivity index (χ0n) is 8.68. The SMILES string of the molecule is CC(C)CC1CNc2c(Br)cccc21. The van der Waals surface area contributed by atoms with E-state index in [2.05, 4.69) is 53.3 Å². The summed E-state index contributed by atoms with van der Waals surface area (Å²) in [7, 11) is 0. The third-order valence-corrected chi connectivity index (χ3v) is 3.43. The van der Waals surface area contributed by atoms with Gasteiger partial charge in [0.25, 0.3) is 0 Å². The molecule has 0 bridgehead atoms. The molecule has 1 unspecified atom stereocenters. The van der Waals surface area contributed by atoms with Crippen LogP contribution in [0.4, 0.5) is 5.69 Å². The quantitative estimate of drug-likeness (QED) is 0.840. The van der Waals surface area contributed by atoms with Crippen LogP contribution in [0.25, 0.3) is 0 Å². The second-order valence-electron chi connectivity index (χ2n) is 4.41. The summed E-state index contributed by atoms with van der Waals surface area (Å²) in [6, 6.07) is 6.47. The van der Waals surface area contributed by atoms with Crippen molar-refractivity contribution in [3.63, 3.8) is 0 Å². The molecular weight excluding hydrogens is 238 g/mol. The molecule has 1 atom stereocenters. The van der Waals surface area contributed by atoms with Crippen molar-refractivity contribution in [1.82, 2.24) is 0 Å². The van der Waals surface area contributed by atoms with Crippen LogP contribution in [-0.4, -0.2) is 6.54 Å². The van der Waals surface area contributed by atoms with Gasteiger partial charge in [0.1, 0.15) is 0 Å². The third-order valence-electron chi connectivity index (χ3n) is 2.77. The molecule has 0 saturated carbocycles. The molecule has 0 spiro atoms. The van der Waals surface area contributed by atoms with E-state index in [-0.39, 0.29) is 0 Å². The van der Waals surface area contributed by atoms with E-state index < -0.39 is 0 Å². The van der Waals surface area contributed by atoms with Crippen molar-refractivity contribution in [2.24, 2.45) is 5.92 Å². The number of benzene rings is 1. The second-order valence-corrected chi connectivity index (χ2v) is 5.27. The van der Waals surface area contributed by atoms with E-state index in [9.17, 15) is 0 Å². The smallest absolute Gasteiger partial charge is 0.0520 e. The van der Waals surface area contributed by atoms with Crippen molar-refractivity contribution in [2.75, 3.05) is 11.9 Å². The van der Waals surface area contributed by atoms with Crippen molar-refractivity contribution in [3.05, 3.63) is 28.2 Å². The summed E-state index contributed by atoms with van der Waals surface area (Å²) < 4.78 is 1.20. The number of nitrogens with one attached hydrogen (secondary N) is 1. The molecule has 1 nitrogen and oxygen atoms in total. The van der Waals surface area contributed by atoms with Crippen molar-refractivity contribution in [3.8, 4) is 0 Å². The molecule has 0 amide bonds. The summed E-state index contributed by atoms with van der Waals surface area (Å²) in [4.78, 5) is 0. The molecule has 1 aromatic carbocycles. The van der Waals surface area contributed by atoms with Gasteiger partial charge in [0.15, 0.2) is 0 Å². The Bertz CT molecular complexity index is 333. The molecule has 0 saturated heterocycles. The molecule has 2 rings (SSSR count). The average Bonchev–Trinajstić information content (AvgIpc) is 2.49. The first-order chi connectivity index (χ1) is 6.68. The van der Waals surface area contributed by atoms with Crippen LogP contribution in [0.15, 0.2) is 22.7 Å². The van der Waals surface area contributed by atoms with E-state index in [1.54, 1.807) is 0 Å². The molecule has 1 N–H and O–H groups in total. The Morgan fingerprint density at radius 2 is 2.29 bits per heavy atom. The van der Waals surface area contributed by atoms with Gasteiger partial charge in [-0.15, -0.1) is 0 Å². The maximum atomic E-state index is 3.58. The molecule has 76 valence electrons. The van der Waals surface area contributed by atoms with Crippen LogP contribution in [0.5, 0.6) is 0 Å². The Labute approximate surface area is 94.0 Å². The first kappa shape index (κ1) is 10.0. The maximum Gasteiger partial charge on any atom is 0.0520 e. The van der Waals surface area contributed by atoms with Gasteiger partial charge in [-0.1, -0.05) is 26.0 Å². The minimum atomic E-state index is 0.697. The van der Waals surface area contributed by atoms with Gasteiger partial charge in [-0.25, -0.2) is 0 Å². The second kappa shape index (κ2) is 3.93. The predicted molar refractivity (Wildman–Crippen MR) is 64.8 cm³/mol. The number of fused-ring (bicyclic) bond motifs is 1. The molecule has 2 heteroatoms. The lowest BCUT2D eigenvalue weighted by Gasteiger charge is -2.12. The van der Waals surface area contributed by atoms with Gasteiger partial charge >= 0.3 is 0 Å². The Hall–Kier alpha value is -0.500. The number of anilines is 1. The lowest BCUT2D eigenvalue weighted by atomic mass is 9.92. The van der Waals surface area contributed by atoms with Crippen LogP contribution >= 0.6 is 15.9 Å². The highest BCUT2D eigenvalue weighted by Gasteiger charge is 2.23. The Morgan fingerprint density at radius 3 is 3.00 bits per heavy atom. The van der Waals surface area contributed by atoms with E-state index in [0.29, 0.717) is 5.92 Å². The normalized spacial score (nSPS) is 19.6. The summed E-state index contributed by atoms with van der Waals surface area (Å²) in [5.74, 6) is 1.47. The monoisotopic (exact) mass is 253 g/mol. The van der Waals surface area contributed by atoms with Gasteiger partial charge in [0.05, 0.1) is 5.69 Å². The van der Waals surface area contributed by atoms with Gasteiger partial charge in [0.2, 0.25) is 0 Å². The average molecular weight is 254 g/mol. The fourth-order valence-corrected chi connectivity index (χ4v) is 2.70. The topological polar surface area (TPSA) is 12.0 Å². The number of halogens is 1. The third kappa shape index (κ3) is 1.81. The maximum absolute atomic E-state index is 3.58. The first-order valence-corrected chi connectivity index (χ1v) is 6.00. The number of para-hydroxylation sites is 1. The van der Waals surface area contributed by atoms with E-state index in [1.165, 1.54) is 22.1 Å². The molecule has 0 radical (unpaired) electrons. The summed E-state index contributed by atoms with van der Waals surface area (Å²) in [6.45, 7) is 5.67. The van der Waals surface area contributed by atoms with Gasteiger partial charge in [0, 0.05) is 16.9 Å². The van der Waals surface area contributed by atoms with Crippen LogP contribution in [0, 0.1) is 5.92 Å². The minimum Gasteiger partial charge on any atom is -0.383 e. The summed E-state index contributed by atoms with van der Waals surface area (Å²) in [5.41, 5.74) is 2.78. The van der Waals surface area contributed by atoms with E-state index >= 15 is 0 Å². The number of rotatable bonds is 2. The molecule has 1 heterocycles. The summed E-state index contributed by atoms with van der Waals surface area (Å²) in [5, 5.41) is 3.48. The Balaban J connectivity index is 2.26. The van der Waals surface area contributed by atoms with Crippen LogP contribution in [0.3, 0.4) is 0 Å². The molecule has 1 aliphatic heterocycles. The number of hydrogen-bond acceptors (Lipinski definition) is 1. The van der Waals surface area contributed by atoms with Crippen LogP contribution in [0.1, 0.15) is 31.7 Å². The van der Waals surface area contributed by atoms with Crippen LogP contribution in [-0.2, 0) is 0 Å². The van der Waals surface area contributed by atoms with Gasteiger partial charge in [-0.2, -0.15) is 0 Å². The van der Waals surface area contributed by atoms with Crippen molar-refractivity contribution in [1.29, 1.82) is 0 Å². The highest BCUT2D eigenvalue weighted by atomic mass is 79.9. The molecule has 0 fully saturated rings. The fraction of sp³-hybridized carbons (Fsp3) is 0.500. The zero-order chi connectivity index (χ0) is 10.1. The van der Waals surface area contributed by atoms with Gasteiger partial charge in [-0.05, 0) is 39.9 Å². The van der Waals surface area contributed by atoms with E-state index in [0.717, 1.165) is 12.5 Å². The molecule has 0 aromatic heterocycles. The molecule has 1 aromatic rings. The number of hydrogen-bond donors (Lipinski definition) is 1. The molecule has 14 heavy (non-hydrogen) atoms. The summed E-state index contributed by atoms with van der Waals surface area (Å²) in [6.07, 6.45) is 1.27. The van der Waals surface area contributed by atoms with Crippen LogP contribution in [0.2, 0.25) is 0 Å². The van der Waals surface area contributed by atoms with Crippen molar-refractivity contribution >= 4 is 21.6 Å². The Kier molecular flexibility index (Phi) is 2.82. The predicted octanol–water partition coefficient (Wildman–Crippen LogP) is 4.00. The lowest BCUT2D eigenvalue weighted by Crippen LogP contribution is -2.05. The lowest BCUT2D eigenvalue weighted by molar-refractivity contribution is 0.522. The van der Waals surface area contributed by atoms with Crippen molar-refractivity contribution < 1.29 is 0 Å². The summed E-state index contributed by atoms with van der Waals surface area (Å²) >= 11 is 3.58. The van der Waals surface area contributed by atoms with E-state index in [1.807, 2.05) is 0 Å². The standard InChI is InChI=1S/C12H16BrN/c1-8(2)6-9-7-14-12-10(9)4-3-5-11(12)13/h3-5,8-9,14H,6-7H2,1-2H3. The molecular formula is C12H16BrN. The molecule has 0 aliphatic carbocycles. The van der Waals surface area contributed by atoms with E-state index in [4.69, 9.17) is 0 Å². The van der Waals surface area contributed by atoms with Crippen molar-refractivity contribution in [2.45, 2.75) is 26.2 Å². The van der Waals surface area contributed by atoms with Crippen LogP contribution < -0.4 is 5.32 Å². The molecule has 1 aliphatic rings. The van der Waals surface area contributed by atoms with Gasteiger partial charge < -0.3 is 5.32 Å². The minimum absolute atomic E-state index is 0.697. The Morgan fingerprint density at radius 1 is 1.50 bits per heavy atom. The highest BCUT2D eigenvalue weighted by molar-refractivity contribution is 9.10. The fourth-order valence-electron chi connectivity index (χ4n) is 2.18. The zero-order valence-corrected chi connectivity index (χ0v) is 10.3. The largest absolute Gasteiger partial charge is 0.383 e. The first-order valence-electron chi connectivity index (χ1n) is 5.20.